The molecule has 5 heteroatoms. The standard InChI is InChI=1S/C24H18N2O2S/c1-29(27,28)21-14-11-18(12-15-21)24-25-22-8-4-5-9-23(22)26(24)20-13-10-17-6-2-3-7-19(17)16-20/h2-16H,1H3. The lowest BCUT2D eigenvalue weighted by molar-refractivity contribution is 0.602. The number of para-hydroxylation sites is 2. The van der Waals surface area contributed by atoms with Gasteiger partial charge in [-0.2, -0.15) is 0 Å². The topological polar surface area (TPSA) is 52.0 Å². The molecule has 5 rings (SSSR count). The largest absolute Gasteiger partial charge is 0.292 e. The number of imidazole rings is 1. The van der Waals surface area contributed by atoms with Crippen LogP contribution in [0, 0.1) is 0 Å². The maximum Gasteiger partial charge on any atom is 0.175 e. The first kappa shape index (κ1) is 17.6. The molecule has 0 amide bonds. The third-order valence-corrected chi connectivity index (χ3v) is 6.22. The van der Waals surface area contributed by atoms with Crippen LogP contribution in [-0.2, 0) is 9.84 Å². The maximum absolute atomic E-state index is 11.8. The van der Waals surface area contributed by atoms with Crippen LogP contribution in [0.3, 0.4) is 0 Å². The van der Waals surface area contributed by atoms with Gasteiger partial charge in [-0.3, -0.25) is 4.57 Å². The Morgan fingerprint density at radius 3 is 2.21 bits per heavy atom. The first-order chi connectivity index (χ1) is 14.0. The first-order valence-corrected chi connectivity index (χ1v) is 11.2. The summed E-state index contributed by atoms with van der Waals surface area (Å²) in [6.07, 6.45) is 1.21. The van der Waals surface area contributed by atoms with Crippen molar-refractivity contribution in [2.45, 2.75) is 4.90 Å². The van der Waals surface area contributed by atoms with E-state index in [4.69, 9.17) is 4.98 Å². The fraction of sp³-hybridized carbons (Fsp3) is 0.0417. The van der Waals surface area contributed by atoms with E-state index in [-0.39, 0.29) is 0 Å². The van der Waals surface area contributed by atoms with Gasteiger partial charge in [-0.25, -0.2) is 13.4 Å². The van der Waals surface area contributed by atoms with Gasteiger partial charge in [-0.1, -0.05) is 42.5 Å². The molecule has 4 nitrogen and oxygen atoms in total. The number of nitrogens with zero attached hydrogens (tertiary/aromatic N) is 2. The van der Waals surface area contributed by atoms with E-state index in [1.54, 1.807) is 12.1 Å². The zero-order chi connectivity index (χ0) is 20.0. The lowest BCUT2D eigenvalue weighted by Crippen LogP contribution is -1.99. The molecule has 0 spiro atoms. The van der Waals surface area contributed by atoms with Crippen molar-refractivity contribution in [1.29, 1.82) is 0 Å². The highest BCUT2D eigenvalue weighted by atomic mass is 32.2. The van der Waals surface area contributed by atoms with Crippen LogP contribution in [0.1, 0.15) is 0 Å². The lowest BCUT2D eigenvalue weighted by Gasteiger charge is -2.11. The number of hydrogen-bond acceptors (Lipinski definition) is 3. The van der Waals surface area contributed by atoms with Gasteiger partial charge in [-0.15, -0.1) is 0 Å². The van der Waals surface area contributed by atoms with Gasteiger partial charge in [0.2, 0.25) is 0 Å². The van der Waals surface area contributed by atoms with E-state index in [2.05, 4.69) is 34.9 Å². The van der Waals surface area contributed by atoms with Gasteiger partial charge in [0.25, 0.3) is 0 Å². The van der Waals surface area contributed by atoms with Gasteiger partial charge in [-0.05, 0) is 59.3 Å². The second-order valence-electron chi connectivity index (χ2n) is 7.09. The summed E-state index contributed by atoms with van der Waals surface area (Å²) in [5.41, 5.74) is 3.77. The van der Waals surface area contributed by atoms with Gasteiger partial charge in [0.05, 0.1) is 15.9 Å². The number of rotatable bonds is 3. The minimum absolute atomic E-state index is 0.301. The van der Waals surface area contributed by atoms with Crippen LogP contribution in [0.4, 0.5) is 0 Å². The van der Waals surface area contributed by atoms with E-state index in [1.165, 1.54) is 11.6 Å². The average molecular weight is 398 g/mol. The zero-order valence-corrected chi connectivity index (χ0v) is 16.6. The van der Waals surface area contributed by atoms with Crippen LogP contribution in [0.25, 0.3) is 38.9 Å². The summed E-state index contributed by atoms with van der Waals surface area (Å²) in [5, 5.41) is 2.33. The quantitative estimate of drug-likeness (QED) is 0.417. The highest BCUT2D eigenvalue weighted by Gasteiger charge is 2.15. The Labute approximate surface area is 169 Å². The Bertz CT molecular complexity index is 1470. The van der Waals surface area contributed by atoms with Crippen molar-refractivity contribution in [2.75, 3.05) is 6.26 Å². The molecule has 29 heavy (non-hydrogen) atoms. The normalized spacial score (nSPS) is 11.9. The summed E-state index contributed by atoms with van der Waals surface area (Å²) in [7, 11) is -3.24. The molecule has 0 saturated heterocycles. The smallest absolute Gasteiger partial charge is 0.175 e. The van der Waals surface area contributed by atoms with Gasteiger partial charge in [0.1, 0.15) is 5.82 Å². The number of sulfone groups is 1. The summed E-state index contributed by atoms with van der Waals surface area (Å²) in [6.45, 7) is 0. The van der Waals surface area contributed by atoms with Crippen molar-refractivity contribution >= 4 is 31.6 Å². The third kappa shape index (κ3) is 3.09. The van der Waals surface area contributed by atoms with Crippen molar-refractivity contribution < 1.29 is 8.42 Å². The van der Waals surface area contributed by atoms with Crippen molar-refractivity contribution in [3.8, 4) is 17.1 Å². The molecule has 0 fully saturated rings. The van der Waals surface area contributed by atoms with Gasteiger partial charge in [0.15, 0.2) is 9.84 Å². The molecule has 0 bridgehead atoms. The first-order valence-electron chi connectivity index (χ1n) is 9.28. The summed E-state index contributed by atoms with van der Waals surface area (Å²) in [5.74, 6) is 0.779. The minimum atomic E-state index is -3.24. The summed E-state index contributed by atoms with van der Waals surface area (Å²) >= 11 is 0. The molecule has 0 N–H and O–H groups in total. The average Bonchev–Trinajstić information content (AvgIpc) is 3.12. The fourth-order valence-electron chi connectivity index (χ4n) is 3.65. The van der Waals surface area contributed by atoms with Crippen LogP contribution in [0.15, 0.2) is 95.9 Å². The van der Waals surface area contributed by atoms with E-state index < -0.39 is 9.84 Å². The van der Waals surface area contributed by atoms with Crippen LogP contribution in [-0.4, -0.2) is 24.2 Å². The molecular formula is C24H18N2O2S. The SMILES string of the molecule is CS(=O)(=O)c1ccc(-c2nc3ccccc3n2-c2ccc3ccccc3c2)cc1. The van der Waals surface area contributed by atoms with E-state index in [0.29, 0.717) is 4.90 Å². The number of aromatic nitrogens is 2. The Morgan fingerprint density at radius 1 is 0.759 bits per heavy atom. The zero-order valence-electron chi connectivity index (χ0n) is 15.8. The Morgan fingerprint density at radius 2 is 1.45 bits per heavy atom. The highest BCUT2D eigenvalue weighted by Crippen LogP contribution is 2.30. The molecule has 0 saturated carbocycles. The molecule has 0 unspecified atom stereocenters. The van der Waals surface area contributed by atoms with Crippen molar-refractivity contribution in [2.24, 2.45) is 0 Å². The van der Waals surface area contributed by atoms with E-state index in [1.807, 2.05) is 48.5 Å². The maximum atomic E-state index is 11.8. The molecular weight excluding hydrogens is 380 g/mol. The second-order valence-corrected chi connectivity index (χ2v) is 9.10. The van der Waals surface area contributed by atoms with E-state index >= 15 is 0 Å². The number of hydrogen-bond donors (Lipinski definition) is 0. The number of benzene rings is 4. The van der Waals surface area contributed by atoms with Crippen LogP contribution in [0.2, 0.25) is 0 Å². The molecule has 4 aromatic carbocycles. The minimum Gasteiger partial charge on any atom is -0.292 e. The molecule has 142 valence electrons. The highest BCUT2D eigenvalue weighted by molar-refractivity contribution is 7.90. The molecule has 0 aliphatic heterocycles. The summed E-state index contributed by atoms with van der Waals surface area (Å²) < 4.78 is 25.7. The molecule has 1 aromatic heterocycles. The van der Waals surface area contributed by atoms with Gasteiger partial charge < -0.3 is 0 Å². The van der Waals surface area contributed by atoms with Crippen molar-refractivity contribution in [3.05, 3.63) is 91.0 Å². The van der Waals surface area contributed by atoms with Crippen molar-refractivity contribution in [3.63, 3.8) is 0 Å². The summed E-state index contributed by atoms with van der Waals surface area (Å²) in [4.78, 5) is 5.15. The molecule has 0 atom stereocenters. The fourth-order valence-corrected chi connectivity index (χ4v) is 4.28. The van der Waals surface area contributed by atoms with E-state index in [0.717, 1.165) is 33.5 Å². The Kier molecular flexibility index (Phi) is 4.00. The molecule has 0 aliphatic carbocycles. The van der Waals surface area contributed by atoms with Crippen molar-refractivity contribution in [1.82, 2.24) is 9.55 Å². The lowest BCUT2D eigenvalue weighted by atomic mass is 10.1. The van der Waals surface area contributed by atoms with Crippen LogP contribution in [0.5, 0.6) is 0 Å². The predicted molar refractivity (Wildman–Crippen MR) is 117 cm³/mol. The molecule has 1 heterocycles. The monoisotopic (exact) mass is 398 g/mol. The third-order valence-electron chi connectivity index (χ3n) is 5.09. The molecule has 5 aromatic rings. The Balaban J connectivity index is 1.76. The Hall–Kier alpha value is -3.44. The second kappa shape index (κ2) is 6.57. The van der Waals surface area contributed by atoms with Crippen LogP contribution < -0.4 is 0 Å². The van der Waals surface area contributed by atoms with Gasteiger partial charge >= 0.3 is 0 Å². The molecule has 0 aliphatic rings. The predicted octanol–water partition coefficient (Wildman–Crippen LogP) is 5.25. The van der Waals surface area contributed by atoms with E-state index in [9.17, 15) is 8.42 Å². The summed E-state index contributed by atoms with van der Waals surface area (Å²) in [6, 6.07) is 29.5. The van der Waals surface area contributed by atoms with Gasteiger partial charge in [0, 0.05) is 17.5 Å². The number of fused-ring (bicyclic) bond motifs is 2. The van der Waals surface area contributed by atoms with Crippen LogP contribution >= 0.6 is 0 Å². The molecule has 0 radical (unpaired) electrons.